The highest BCUT2D eigenvalue weighted by Crippen LogP contribution is 2.27. The Balaban J connectivity index is 2.42. The molecule has 2 N–H and O–H groups in total. The van der Waals surface area contributed by atoms with E-state index in [2.05, 4.69) is 31.1 Å². The monoisotopic (exact) mass is 521 g/mol. The number of alkyl carbamates (subject to hydrolysis) is 1. The van der Waals surface area contributed by atoms with Crippen LogP contribution < -0.4 is 10.6 Å². The number of nitrogens with one attached hydrogen (secondary N) is 2. The SMILES string of the molecule is C=Cc1cccc(C(C(=O)NCc2ccccc2)N(C(=O)CNC(=O)OC(C)(C)C)C(C)CCC(C)C)c1. The van der Waals surface area contributed by atoms with Crippen LogP contribution in [0.3, 0.4) is 0 Å². The zero-order valence-corrected chi connectivity index (χ0v) is 23.6. The molecule has 2 unspecified atom stereocenters. The Hall–Kier alpha value is -3.61. The van der Waals surface area contributed by atoms with E-state index < -0.39 is 17.7 Å². The van der Waals surface area contributed by atoms with Crippen LogP contribution in [0.5, 0.6) is 0 Å². The zero-order chi connectivity index (χ0) is 28.3. The summed E-state index contributed by atoms with van der Waals surface area (Å²) in [6.45, 7) is 15.4. The first kappa shape index (κ1) is 30.6. The van der Waals surface area contributed by atoms with Crippen LogP contribution >= 0.6 is 0 Å². The van der Waals surface area contributed by atoms with Gasteiger partial charge >= 0.3 is 6.09 Å². The Morgan fingerprint density at radius 1 is 0.974 bits per heavy atom. The van der Waals surface area contributed by atoms with E-state index in [-0.39, 0.29) is 24.4 Å². The molecule has 0 heterocycles. The topological polar surface area (TPSA) is 87.7 Å². The van der Waals surface area contributed by atoms with Crippen LogP contribution in [-0.2, 0) is 20.9 Å². The molecule has 2 atom stereocenters. The summed E-state index contributed by atoms with van der Waals surface area (Å²) in [4.78, 5) is 41.4. The minimum absolute atomic E-state index is 0.259. The molecule has 0 aromatic heterocycles. The molecule has 2 aromatic rings. The fraction of sp³-hybridized carbons (Fsp3) is 0.452. The number of carbonyl (C=O) groups excluding carboxylic acids is 3. The Morgan fingerprint density at radius 2 is 1.66 bits per heavy atom. The zero-order valence-electron chi connectivity index (χ0n) is 23.6. The first-order chi connectivity index (χ1) is 17.9. The summed E-state index contributed by atoms with van der Waals surface area (Å²) >= 11 is 0. The van der Waals surface area contributed by atoms with E-state index in [1.165, 1.54) is 0 Å². The third-order valence-corrected chi connectivity index (χ3v) is 6.01. The van der Waals surface area contributed by atoms with Crippen molar-refractivity contribution in [3.05, 3.63) is 77.9 Å². The van der Waals surface area contributed by atoms with Crippen LogP contribution in [0.2, 0.25) is 0 Å². The van der Waals surface area contributed by atoms with E-state index in [0.29, 0.717) is 24.4 Å². The van der Waals surface area contributed by atoms with Gasteiger partial charge in [-0.15, -0.1) is 0 Å². The molecule has 0 fully saturated rings. The molecular formula is C31H43N3O4. The first-order valence-corrected chi connectivity index (χ1v) is 13.2. The van der Waals surface area contributed by atoms with E-state index in [9.17, 15) is 14.4 Å². The fourth-order valence-electron chi connectivity index (χ4n) is 4.09. The van der Waals surface area contributed by atoms with Crippen molar-refractivity contribution in [1.82, 2.24) is 15.5 Å². The van der Waals surface area contributed by atoms with Crippen LogP contribution in [0.1, 0.15) is 77.1 Å². The second-order valence-electron chi connectivity index (χ2n) is 11.0. The van der Waals surface area contributed by atoms with Gasteiger partial charge in [-0.3, -0.25) is 9.59 Å². The van der Waals surface area contributed by atoms with Crippen molar-refractivity contribution in [2.45, 2.75) is 78.6 Å². The second-order valence-corrected chi connectivity index (χ2v) is 11.0. The maximum absolute atomic E-state index is 13.8. The van der Waals surface area contributed by atoms with Gasteiger partial charge in [0.15, 0.2) is 0 Å². The molecular weight excluding hydrogens is 478 g/mol. The lowest BCUT2D eigenvalue weighted by atomic mass is 9.97. The van der Waals surface area contributed by atoms with Gasteiger partial charge in [0.2, 0.25) is 11.8 Å². The van der Waals surface area contributed by atoms with Crippen molar-refractivity contribution >= 4 is 24.0 Å². The molecule has 0 spiro atoms. The molecule has 7 heteroatoms. The van der Waals surface area contributed by atoms with Crippen molar-refractivity contribution < 1.29 is 19.1 Å². The molecule has 38 heavy (non-hydrogen) atoms. The summed E-state index contributed by atoms with van der Waals surface area (Å²) in [5.41, 5.74) is 1.78. The highest BCUT2D eigenvalue weighted by atomic mass is 16.6. The molecule has 0 radical (unpaired) electrons. The number of rotatable bonds is 12. The molecule has 7 nitrogen and oxygen atoms in total. The normalized spacial score (nSPS) is 12.8. The van der Waals surface area contributed by atoms with E-state index in [4.69, 9.17) is 4.74 Å². The van der Waals surface area contributed by atoms with Gasteiger partial charge in [-0.05, 0) is 69.2 Å². The third-order valence-electron chi connectivity index (χ3n) is 6.01. The molecule has 2 aromatic carbocycles. The van der Waals surface area contributed by atoms with Crippen LogP contribution in [0, 0.1) is 5.92 Å². The molecule has 206 valence electrons. The summed E-state index contributed by atoms with van der Waals surface area (Å²) in [7, 11) is 0. The van der Waals surface area contributed by atoms with Crippen LogP contribution in [-0.4, -0.2) is 41.0 Å². The summed E-state index contributed by atoms with van der Waals surface area (Å²) in [6, 6.07) is 15.9. The quantitative estimate of drug-likeness (QED) is 0.366. The Labute approximate surface area is 227 Å². The number of hydrogen-bond donors (Lipinski definition) is 2. The van der Waals surface area contributed by atoms with Crippen molar-refractivity contribution in [3.63, 3.8) is 0 Å². The lowest BCUT2D eigenvalue weighted by molar-refractivity contribution is -0.142. The highest BCUT2D eigenvalue weighted by Gasteiger charge is 2.35. The van der Waals surface area contributed by atoms with Gasteiger partial charge in [0.1, 0.15) is 18.2 Å². The third kappa shape index (κ3) is 10.0. The van der Waals surface area contributed by atoms with Crippen LogP contribution in [0.4, 0.5) is 4.79 Å². The smallest absolute Gasteiger partial charge is 0.408 e. The summed E-state index contributed by atoms with van der Waals surface area (Å²) < 4.78 is 5.31. The van der Waals surface area contributed by atoms with E-state index in [0.717, 1.165) is 17.5 Å². The number of amides is 3. The molecule has 0 aliphatic rings. The van der Waals surface area contributed by atoms with Crippen molar-refractivity contribution in [2.75, 3.05) is 6.54 Å². The number of hydrogen-bond acceptors (Lipinski definition) is 4. The Morgan fingerprint density at radius 3 is 2.26 bits per heavy atom. The highest BCUT2D eigenvalue weighted by molar-refractivity contribution is 5.90. The molecule has 0 saturated carbocycles. The standard InChI is InChI=1S/C31H43N3O4/c1-8-24-15-12-16-26(19-24)28(29(36)32-20-25-13-10-9-11-14-25)34(23(4)18-17-22(2)3)27(35)21-33-30(37)38-31(5,6)7/h8-16,19,22-23,28H,1,17-18,20-21H2,2-7H3,(H,32,36)(H,33,37). The fourth-order valence-corrected chi connectivity index (χ4v) is 4.09. The van der Waals surface area contributed by atoms with Gasteiger partial charge in [-0.25, -0.2) is 4.79 Å². The van der Waals surface area contributed by atoms with Crippen molar-refractivity contribution in [3.8, 4) is 0 Å². The van der Waals surface area contributed by atoms with Gasteiger partial charge < -0.3 is 20.3 Å². The van der Waals surface area contributed by atoms with Gasteiger partial charge in [0.25, 0.3) is 0 Å². The Bertz CT molecular complexity index is 1080. The predicted octanol–water partition coefficient (Wildman–Crippen LogP) is 5.87. The summed E-state index contributed by atoms with van der Waals surface area (Å²) in [6.07, 6.45) is 2.62. The maximum Gasteiger partial charge on any atom is 0.408 e. The average molecular weight is 522 g/mol. The van der Waals surface area contributed by atoms with E-state index >= 15 is 0 Å². The average Bonchev–Trinajstić information content (AvgIpc) is 2.87. The number of nitrogens with zero attached hydrogens (tertiary/aromatic N) is 1. The molecule has 3 amide bonds. The molecule has 0 aliphatic heterocycles. The van der Waals surface area contributed by atoms with E-state index in [1.54, 1.807) is 31.7 Å². The van der Waals surface area contributed by atoms with Crippen LogP contribution in [0.15, 0.2) is 61.2 Å². The minimum atomic E-state index is -0.895. The summed E-state index contributed by atoms with van der Waals surface area (Å²) in [5.74, 6) is -0.225. The van der Waals surface area contributed by atoms with E-state index in [1.807, 2.05) is 61.5 Å². The molecule has 2 rings (SSSR count). The largest absolute Gasteiger partial charge is 0.444 e. The number of benzene rings is 2. The van der Waals surface area contributed by atoms with Gasteiger partial charge in [-0.1, -0.05) is 75.0 Å². The summed E-state index contributed by atoms with van der Waals surface area (Å²) in [5, 5.41) is 5.58. The Kier molecular flexibility index (Phi) is 11.6. The number of carbonyl (C=O) groups is 3. The van der Waals surface area contributed by atoms with Gasteiger partial charge in [-0.2, -0.15) is 0 Å². The lowest BCUT2D eigenvalue weighted by Gasteiger charge is -2.37. The maximum atomic E-state index is 13.8. The van der Waals surface area contributed by atoms with Gasteiger partial charge in [0, 0.05) is 12.6 Å². The first-order valence-electron chi connectivity index (χ1n) is 13.2. The van der Waals surface area contributed by atoms with Crippen LogP contribution in [0.25, 0.3) is 6.08 Å². The number of ether oxygens (including phenoxy) is 1. The van der Waals surface area contributed by atoms with Crippen molar-refractivity contribution in [1.29, 1.82) is 0 Å². The minimum Gasteiger partial charge on any atom is -0.444 e. The van der Waals surface area contributed by atoms with Crippen molar-refractivity contribution in [2.24, 2.45) is 5.92 Å². The second kappa shape index (κ2) is 14.4. The lowest BCUT2D eigenvalue weighted by Crippen LogP contribution is -2.51. The van der Waals surface area contributed by atoms with Gasteiger partial charge in [0.05, 0.1) is 0 Å². The predicted molar refractivity (Wildman–Crippen MR) is 152 cm³/mol. The molecule has 0 saturated heterocycles. The molecule has 0 bridgehead atoms. The molecule has 0 aliphatic carbocycles.